The molecule has 35 heavy (non-hydrogen) atoms. The Bertz CT molecular complexity index is 1370. The van der Waals surface area contributed by atoms with E-state index in [4.69, 9.17) is 3.63 Å². The first-order chi connectivity index (χ1) is 16.5. The average molecular weight is 517 g/mol. The molecule has 0 aromatic heterocycles. The molecule has 0 aliphatic heterocycles. The first-order valence-corrected chi connectivity index (χ1v) is 13.6. The quantitative estimate of drug-likeness (QED) is 0.261. The van der Waals surface area contributed by atoms with Gasteiger partial charge in [0.15, 0.2) is 0 Å². The van der Waals surface area contributed by atoms with E-state index in [1.54, 1.807) is 54.6 Å². The van der Waals surface area contributed by atoms with Gasteiger partial charge in [0.2, 0.25) is 0 Å². The fourth-order valence-electron chi connectivity index (χ4n) is 3.60. The predicted molar refractivity (Wildman–Crippen MR) is 131 cm³/mol. The molecule has 0 aliphatic carbocycles. The number of alkyl halides is 3. The molecule has 8 heteroatoms. The van der Waals surface area contributed by atoms with E-state index >= 15 is 0 Å². The maximum atomic E-state index is 13.6. The highest BCUT2D eigenvalue weighted by molar-refractivity contribution is 8.33. The molecule has 0 heterocycles. The van der Waals surface area contributed by atoms with Gasteiger partial charge in [0.25, 0.3) is 0 Å². The molecule has 4 aromatic carbocycles. The van der Waals surface area contributed by atoms with Crippen molar-refractivity contribution in [1.29, 1.82) is 0 Å². The van der Waals surface area contributed by atoms with Crippen molar-refractivity contribution >= 4 is 20.4 Å². The molecule has 182 valence electrons. The summed E-state index contributed by atoms with van der Waals surface area (Å²) in [5, 5.41) is 0. The predicted octanol–water partition coefficient (Wildman–Crippen LogP) is 7.92. The van der Waals surface area contributed by atoms with Crippen LogP contribution >= 0.6 is 10.3 Å². The van der Waals surface area contributed by atoms with Crippen LogP contribution in [0.1, 0.15) is 16.7 Å². The zero-order valence-electron chi connectivity index (χ0n) is 19.0. The van der Waals surface area contributed by atoms with Gasteiger partial charge in [0.05, 0.1) is 10.5 Å². The van der Waals surface area contributed by atoms with E-state index in [0.717, 1.165) is 29.3 Å². The lowest BCUT2D eigenvalue weighted by Crippen LogP contribution is -2.15. The Morgan fingerprint density at radius 1 is 0.600 bits per heavy atom. The smallest absolute Gasteiger partial charge is 0.203 e. The normalized spacial score (nSPS) is 12.9. The van der Waals surface area contributed by atoms with Crippen LogP contribution in [-0.4, -0.2) is 8.42 Å². The van der Waals surface area contributed by atoms with Crippen molar-refractivity contribution in [3.05, 3.63) is 120 Å². The summed E-state index contributed by atoms with van der Waals surface area (Å²) in [7, 11) is -7.52. The number of halogens is 3. The third kappa shape index (κ3) is 5.15. The van der Waals surface area contributed by atoms with Crippen LogP contribution in [0.3, 0.4) is 0 Å². The summed E-state index contributed by atoms with van der Waals surface area (Å²) >= 11 is 0. The third-order valence-corrected chi connectivity index (χ3v) is 10.6. The molecule has 0 fully saturated rings. The van der Waals surface area contributed by atoms with Crippen LogP contribution in [-0.2, 0) is 19.9 Å². The van der Waals surface area contributed by atoms with Crippen molar-refractivity contribution in [2.24, 2.45) is 0 Å². The zero-order chi connectivity index (χ0) is 25.3. The second-order valence-corrected chi connectivity index (χ2v) is 12.5. The van der Waals surface area contributed by atoms with Gasteiger partial charge in [-0.1, -0.05) is 59.7 Å². The number of hydrogen-bond acceptors (Lipinski definition) is 3. The van der Waals surface area contributed by atoms with Crippen LogP contribution in [0.2, 0.25) is 0 Å². The maximum Gasteiger partial charge on any atom is 0.416 e. The van der Waals surface area contributed by atoms with E-state index in [1.807, 2.05) is 38.1 Å². The molecular formula is C27H23F3O3S2. The average Bonchev–Trinajstić information content (AvgIpc) is 2.84. The van der Waals surface area contributed by atoms with Crippen molar-refractivity contribution in [3.8, 4) is 0 Å². The largest absolute Gasteiger partial charge is 0.416 e. The lowest BCUT2D eigenvalue weighted by molar-refractivity contribution is -0.137. The van der Waals surface area contributed by atoms with Gasteiger partial charge in [-0.25, -0.2) is 3.63 Å². The molecule has 0 bridgehead atoms. The Labute approximate surface area is 204 Å². The Morgan fingerprint density at radius 2 is 1.06 bits per heavy atom. The molecule has 0 amide bonds. The van der Waals surface area contributed by atoms with Gasteiger partial charge < -0.3 is 0 Å². The van der Waals surface area contributed by atoms with Crippen LogP contribution in [0.5, 0.6) is 0 Å². The fourth-order valence-corrected chi connectivity index (χ4v) is 8.84. The lowest BCUT2D eigenvalue weighted by Gasteiger charge is -2.39. The van der Waals surface area contributed by atoms with Gasteiger partial charge in [-0.2, -0.15) is 21.6 Å². The number of hydrogen-bond donors (Lipinski definition) is 0. The van der Waals surface area contributed by atoms with Crippen LogP contribution in [0.4, 0.5) is 13.2 Å². The minimum atomic E-state index is -4.69. The van der Waals surface area contributed by atoms with Crippen molar-refractivity contribution in [3.63, 3.8) is 0 Å². The molecule has 0 unspecified atom stereocenters. The number of aryl methyl sites for hydroxylation is 2. The highest BCUT2D eigenvalue weighted by atomic mass is 32.3. The summed E-state index contributed by atoms with van der Waals surface area (Å²) in [6.07, 6.45) is -4.69. The van der Waals surface area contributed by atoms with Crippen molar-refractivity contribution < 1.29 is 25.2 Å². The van der Waals surface area contributed by atoms with Gasteiger partial charge >= 0.3 is 16.3 Å². The second kappa shape index (κ2) is 9.53. The minimum absolute atomic E-state index is 0.556. The topological polar surface area (TPSA) is 43.4 Å². The molecule has 0 atom stereocenters. The summed E-state index contributed by atoms with van der Waals surface area (Å²) in [5.74, 6) is 0. The molecule has 0 N–H and O–H groups in total. The Balaban J connectivity index is 1.99. The van der Waals surface area contributed by atoms with E-state index < -0.39 is 37.1 Å². The molecule has 3 nitrogen and oxygen atoms in total. The minimum Gasteiger partial charge on any atom is -0.203 e. The summed E-state index contributed by atoms with van der Waals surface area (Å²) in [6.45, 7) is 3.82. The van der Waals surface area contributed by atoms with E-state index in [9.17, 15) is 21.6 Å². The van der Waals surface area contributed by atoms with Crippen molar-refractivity contribution in [2.45, 2.75) is 39.6 Å². The van der Waals surface area contributed by atoms with E-state index in [2.05, 4.69) is 0 Å². The Hall–Kier alpha value is -3.07. The molecule has 0 aliphatic rings. The third-order valence-electron chi connectivity index (χ3n) is 5.42. The Kier molecular flexibility index (Phi) is 6.81. The summed E-state index contributed by atoms with van der Waals surface area (Å²) in [5.41, 5.74) is 0.882. The van der Waals surface area contributed by atoms with Crippen molar-refractivity contribution in [2.75, 3.05) is 0 Å². The standard InChI is InChI=1S/C27H23F3O3S2/c1-20-11-15-24(16-12-20)34(23-8-4-3-5-9-23,25-17-13-21(2)14-18-25)33-35(31,32)26-10-6-7-22(19-26)27(28,29)30/h3-19H,1-2H3. The van der Waals surface area contributed by atoms with Crippen LogP contribution < -0.4 is 0 Å². The molecule has 4 rings (SSSR count). The maximum absolute atomic E-state index is 13.6. The molecule has 4 aromatic rings. The highest BCUT2D eigenvalue weighted by Gasteiger charge is 2.39. The number of benzene rings is 4. The zero-order valence-corrected chi connectivity index (χ0v) is 20.6. The molecule has 0 saturated heterocycles. The Morgan fingerprint density at radius 3 is 1.54 bits per heavy atom. The SMILES string of the molecule is Cc1ccc(S(OS(=O)(=O)c2cccc(C(F)(F)F)c2)(c2ccccc2)c2ccc(C)cc2)cc1. The first kappa shape index (κ1) is 25.0. The summed E-state index contributed by atoms with van der Waals surface area (Å²) in [4.78, 5) is 1.25. The molecule has 0 spiro atoms. The first-order valence-electron chi connectivity index (χ1n) is 10.7. The van der Waals surface area contributed by atoms with Gasteiger partial charge in [-0.3, -0.25) is 0 Å². The van der Waals surface area contributed by atoms with Gasteiger partial charge in [0, 0.05) is 14.7 Å². The second-order valence-electron chi connectivity index (χ2n) is 8.04. The summed E-state index contributed by atoms with van der Waals surface area (Å²) in [6, 6.07) is 27.2. The van der Waals surface area contributed by atoms with Gasteiger partial charge in [-0.15, -0.1) is 0 Å². The van der Waals surface area contributed by atoms with E-state index in [-0.39, 0.29) is 0 Å². The molecule has 0 radical (unpaired) electrons. The van der Waals surface area contributed by atoms with E-state index in [0.29, 0.717) is 20.8 Å². The number of rotatable bonds is 6. The monoisotopic (exact) mass is 516 g/mol. The van der Waals surface area contributed by atoms with Crippen LogP contribution in [0.15, 0.2) is 123 Å². The van der Waals surface area contributed by atoms with Crippen molar-refractivity contribution in [1.82, 2.24) is 0 Å². The fraction of sp³-hybridized carbons (Fsp3) is 0.111. The highest BCUT2D eigenvalue weighted by Crippen LogP contribution is 2.70. The van der Waals surface area contributed by atoms with Crippen LogP contribution in [0, 0.1) is 13.8 Å². The van der Waals surface area contributed by atoms with E-state index in [1.165, 1.54) is 0 Å². The van der Waals surface area contributed by atoms with Gasteiger partial charge in [-0.05, 0) is 78.8 Å². The van der Waals surface area contributed by atoms with Gasteiger partial charge in [0.1, 0.15) is 0 Å². The summed E-state index contributed by atoms with van der Waals surface area (Å²) < 4.78 is 73.3. The molecular weight excluding hydrogens is 493 g/mol. The lowest BCUT2D eigenvalue weighted by atomic mass is 10.2. The van der Waals surface area contributed by atoms with Crippen LogP contribution in [0.25, 0.3) is 0 Å². The molecule has 0 saturated carbocycles.